The van der Waals surface area contributed by atoms with Crippen LogP contribution in [0.1, 0.15) is 41.6 Å². The molecule has 6 heteroatoms. The van der Waals surface area contributed by atoms with E-state index in [0.29, 0.717) is 11.6 Å². The van der Waals surface area contributed by atoms with E-state index < -0.39 is 0 Å². The number of anilines is 1. The molecule has 1 saturated carbocycles. The number of carbonyl (C=O) groups excluding carboxylic acids is 1. The van der Waals surface area contributed by atoms with E-state index in [2.05, 4.69) is 29.7 Å². The summed E-state index contributed by atoms with van der Waals surface area (Å²) in [5, 5.41) is 17.4. The van der Waals surface area contributed by atoms with Crippen molar-refractivity contribution in [1.29, 1.82) is 0 Å². The third kappa shape index (κ3) is 4.98. The maximum atomic E-state index is 12.4. The zero-order chi connectivity index (χ0) is 19.5. The van der Waals surface area contributed by atoms with E-state index in [9.17, 15) is 9.90 Å². The molecule has 1 fully saturated rings. The lowest BCUT2D eigenvalue weighted by molar-refractivity contribution is 0.0926. The number of carbonyl (C=O) groups is 1. The molecule has 0 spiro atoms. The van der Waals surface area contributed by atoms with Crippen LogP contribution in [0, 0.1) is 6.92 Å². The van der Waals surface area contributed by atoms with Crippen molar-refractivity contribution in [3.63, 3.8) is 0 Å². The summed E-state index contributed by atoms with van der Waals surface area (Å²) in [6, 6.07) is 17.3. The molecule has 152 valence electrons. The van der Waals surface area contributed by atoms with Crippen LogP contribution in [0.3, 0.4) is 0 Å². The molecule has 2 aromatic carbocycles. The lowest BCUT2D eigenvalue weighted by Gasteiger charge is -2.30. The Labute approximate surface area is 177 Å². The lowest BCUT2D eigenvalue weighted by Crippen LogP contribution is -2.40. The quantitative estimate of drug-likeness (QED) is 0.575. The van der Waals surface area contributed by atoms with Gasteiger partial charge in [0.25, 0.3) is 5.91 Å². The van der Waals surface area contributed by atoms with Crippen LogP contribution >= 0.6 is 12.4 Å². The molecule has 0 saturated heterocycles. The third-order valence-corrected chi connectivity index (χ3v) is 5.45. The first-order valence-corrected chi connectivity index (χ1v) is 9.81. The molecule has 4 rings (SSSR count). The number of phenols is 1. The molecule has 1 aliphatic carbocycles. The van der Waals surface area contributed by atoms with Gasteiger partial charge in [-0.25, -0.2) is 4.98 Å². The number of amides is 1. The summed E-state index contributed by atoms with van der Waals surface area (Å²) in [4.78, 5) is 17.1. The van der Waals surface area contributed by atoms with Crippen molar-refractivity contribution in [2.45, 2.75) is 44.7 Å². The molecule has 0 bridgehead atoms. The number of halogens is 1. The molecule has 29 heavy (non-hydrogen) atoms. The Morgan fingerprint density at radius 3 is 2.48 bits per heavy atom. The first kappa shape index (κ1) is 20.9. The maximum absolute atomic E-state index is 12.4. The van der Waals surface area contributed by atoms with Crippen molar-refractivity contribution in [3.05, 3.63) is 65.7 Å². The molecule has 1 heterocycles. The number of nitrogens with one attached hydrogen (secondary N) is 2. The number of fused-ring (bicyclic) bond motifs is 1. The van der Waals surface area contributed by atoms with Gasteiger partial charge in [-0.05, 0) is 68.5 Å². The molecular formula is C23H26ClN3O2. The molecule has 0 aliphatic heterocycles. The topological polar surface area (TPSA) is 74.2 Å². The van der Waals surface area contributed by atoms with E-state index in [4.69, 9.17) is 4.98 Å². The van der Waals surface area contributed by atoms with Gasteiger partial charge >= 0.3 is 0 Å². The smallest absolute Gasteiger partial charge is 0.251 e. The Balaban J connectivity index is 0.00000240. The van der Waals surface area contributed by atoms with Crippen molar-refractivity contribution in [1.82, 2.24) is 10.3 Å². The number of nitrogens with zero attached hydrogens (tertiary/aromatic N) is 1. The number of rotatable bonds is 4. The van der Waals surface area contributed by atoms with Crippen LogP contribution in [-0.4, -0.2) is 28.1 Å². The molecule has 0 unspecified atom stereocenters. The number of hydrogen-bond acceptors (Lipinski definition) is 4. The van der Waals surface area contributed by atoms with E-state index in [-0.39, 0.29) is 30.1 Å². The largest absolute Gasteiger partial charge is 0.508 e. The van der Waals surface area contributed by atoms with Crippen LogP contribution in [0.4, 0.5) is 5.82 Å². The second-order valence-corrected chi connectivity index (χ2v) is 7.56. The molecule has 1 aromatic heterocycles. The number of aromatic nitrogens is 1. The summed E-state index contributed by atoms with van der Waals surface area (Å²) in [6.45, 7) is 2.11. The van der Waals surface area contributed by atoms with E-state index in [1.165, 1.54) is 17.0 Å². The Hall–Kier alpha value is -2.79. The monoisotopic (exact) mass is 411 g/mol. The fourth-order valence-corrected chi connectivity index (χ4v) is 3.93. The number of para-hydroxylation sites is 1. The summed E-state index contributed by atoms with van der Waals surface area (Å²) in [7, 11) is 0. The number of aryl methyl sites for hydroxylation is 1. The number of aromatic hydroxyl groups is 1. The average molecular weight is 412 g/mol. The van der Waals surface area contributed by atoms with Gasteiger partial charge in [-0.3, -0.25) is 4.79 Å². The molecule has 1 aliphatic rings. The van der Waals surface area contributed by atoms with Crippen LogP contribution in [0.5, 0.6) is 5.75 Å². The van der Waals surface area contributed by atoms with Gasteiger partial charge in [0.15, 0.2) is 0 Å². The third-order valence-electron chi connectivity index (χ3n) is 5.45. The summed E-state index contributed by atoms with van der Waals surface area (Å²) in [6.07, 6.45) is 3.82. The fourth-order valence-electron chi connectivity index (χ4n) is 3.93. The van der Waals surface area contributed by atoms with Gasteiger partial charge in [0, 0.05) is 23.0 Å². The van der Waals surface area contributed by atoms with Gasteiger partial charge in [0.05, 0.1) is 5.52 Å². The lowest BCUT2D eigenvalue weighted by atomic mass is 9.91. The molecule has 0 atom stereocenters. The number of hydrogen-bond donors (Lipinski definition) is 3. The molecule has 1 amide bonds. The average Bonchev–Trinajstić information content (AvgIpc) is 2.69. The van der Waals surface area contributed by atoms with Crippen molar-refractivity contribution in [2.75, 3.05) is 5.32 Å². The van der Waals surface area contributed by atoms with Crippen molar-refractivity contribution in [2.24, 2.45) is 0 Å². The number of benzene rings is 2. The minimum atomic E-state index is -0.126. The number of pyridine rings is 1. The van der Waals surface area contributed by atoms with Crippen LogP contribution < -0.4 is 10.6 Å². The normalized spacial score (nSPS) is 18.7. The molecule has 0 radical (unpaired) electrons. The minimum Gasteiger partial charge on any atom is -0.508 e. The maximum Gasteiger partial charge on any atom is 0.251 e. The van der Waals surface area contributed by atoms with Gasteiger partial charge in [-0.1, -0.05) is 24.3 Å². The Morgan fingerprint density at radius 2 is 1.72 bits per heavy atom. The van der Waals surface area contributed by atoms with Gasteiger partial charge in [0.1, 0.15) is 11.6 Å². The SMILES string of the molecule is Cc1cc(NC2CCC(NC(=O)c3cccc(O)c3)CC2)nc2ccccc12.Cl. The highest BCUT2D eigenvalue weighted by atomic mass is 35.5. The standard InChI is InChI=1S/C23H25N3O2.ClH/c1-15-13-22(26-21-8-3-2-7-20(15)21)24-17-9-11-18(12-10-17)25-23(28)16-5-4-6-19(27)14-16;/h2-8,13-14,17-18,27H,9-12H2,1H3,(H,24,26)(H,25,28);1H. The van der Waals surface area contributed by atoms with E-state index in [0.717, 1.165) is 37.0 Å². The minimum absolute atomic E-state index is 0. The van der Waals surface area contributed by atoms with Crippen molar-refractivity contribution >= 4 is 35.0 Å². The summed E-state index contributed by atoms with van der Waals surface area (Å²) in [5.74, 6) is 0.904. The molecule has 3 aromatic rings. The zero-order valence-corrected chi connectivity index (χ0v) is 17.2. The van der Waals surface area contributed by atoms with E-state index in [1.54, 1.807) is 18.2 Å². The summed E-state index contributed by atoms with van der Waals surface area (Å²) < 4.78 is 0. The fraction of sp³-hybridized carbons (Fsp3) is 0.304. The molecular weight excluding hydrogens is 386 g/mol. The van der Waals surface area contributed by atoms with Crippen LogP contribution in [-0.2, 0) is 0 Å². The van der Waals surface area contributed by atoms with Gasteiger partial charge in [-0.15, -0.1) is 12.4 Å². The summed E-state index contributed by atoms with van der Waals surface area (Å²) >= 11 is 0. The van der Waals surface area contributed by atoms with E-state index >= 15 is 0 Å². The van der Waals surface area contributed by atoms with E-state index in [1.807, 2.05) is 18.2 Å². The van der Waals surface area contributed by atoms with Crippen LogP contribution in [0.2, 0.25) is 0 Å². The predicted molar refractivity (Wildman–Crippen MR) is 119 cm³/mol. The van der Waals surface area contributed by atoms with Gasteiger partial charge in [0.2, 0.25) is 0 Å². The second kappa shape index (κ2) is 9.14. The molecule has 5 nitrogen and oxygen atoms in total. The second-order valence-electron chi connectivity index (χ2n) is 7.56. The van der Waals surface area contributed by atoms with Crippen molar-refractivity contribution < 1.29 is 9.90 Å². The molecule has 3 N–H and O–H groups in total. The highest BCUT2D eigenvalue weighted by Crippen LogP contribution is 2.25. The van der Waals surface area contributed by atoms with Gasteiger partial charge < -0.3 is 15.7 Å². The zero-order valence-electron chi connectivity index (χ0n) is 16.4. The Kier molecular flexibility index (Phi) is 6.60. The van der Waals surface area contributed by atoms with Crippen LogP contribution in [0.25, 0.3) is 10.9 Å². The first-order chi connectivity index (χ1) is 13.6. The Bertz CT molecular complexity index is 1000. The van der Waals surface area contributed by atoms with Crippen molar-refractivity contribution in [3.8, 4) is 5.75 Å². The van der Waals surface area contributed by atoms with Crippen LogP contribution in [0.15, 0.2) is 54.6 Å². The van der Waals surface area contributed by atoms with Gasteiger partial charge in [-0.2, -0.15) is 0 Å². The number of phenolic OH excluding ortho intramolecular Hbond substituents is 1. The first-order valence-electron chi connectivity index (χ1n) is 9.81. The summed E-state index contributed by atoms with van der Waals surface area (Å²) in [5.41, 5.74) is 2.73. The Morgan fingerprint density at radius 1 is 1.00 bits per heavy atom. The highest BCUT2D eigenvalue weighted by Gasteiger charge is 2.23. The highest BCUT2D eigenvalue weighted by molar-refractivity contribution is 5.94. The predicted octanol–water partition coefficient (Wildman–Crippen LogP) is 4.82.